The van der Waals surface area contributed by atoms with Crippen molar-refractivity contribution in [2.45, 2.75) is 12.5 Å². The van der Waals surface area contributed by atoms with E-state index in [0.717, 1.165) is 6.20 Å². The molecule has 0 radical (unpaired) electrons. The third-order valence-electron chi connectivity index (χ3n) is 2.84. The summed E-state index contributed by atoms with van der Waals surface area (Å²) in [6.45, 7) is 2.48. The number of hydrogen-bond acceptors (Lipinski definition) is 5. The standard InChI is InChI=1S/C13H21FN2O3/c1-19-9-7-16(6-8-17)5-4-13(18)12-3-2-11(14)10-15-12/h2-3,10,13,17-18H,4-9H2,1H3. The summed E-state index contributed by atoms with van der Waals surface area (Å²) in [4.78, 5) is 5.84. The van der Waals surface area contributed by atoms with Crippen LogP contribution < -0.4 is 0 Å². The number of aliphatic hydroxyl groups excluding tert-OH is 2. The summed E-state index contributed by atoms with van der Waals surface area (Å²) in [7, 11) is 1.62. The summed E-state index contributed by atoms with van der Waals surface area (Å²) >= 11 is 0. The van der Waals surface area contributed by atoms with Gasteiger partial charge in [0.15, 0.2) is 0 Å². The predicted molar refractivity (Wildman–Crippen MR) is 69.2 cm³/mol. The summed E-state index contributed by atoms with van der Waals surface area (Å²) < 4.78 is 17.7. The Labute approximate surface area is 112 Å². The fourth-order valence-electron chi connectivity index (χ4n) is 1.73. The number of nitrogens with zero attached hydrogens (tertiary/aromatic N) is 2. The van der Waals surface area contributed by atoms with Crippen molar-refractivity contribution >= 4 is 0 Å². The van der Waals surface area contributed by atoms with Crippen molar-refractivity contribution in [3.63, 3.8) is 0 Å². The van der Waals surface area contributed by atoms with Crippen LogP contribution in [0.2, 0.25) is 0 Å². The first-order valence-electron chi connectivity index (χ1n) is 6.29. The molecule has 0 aromatic carbocycles. The highest BCUT2D eigenvalue weighted by molar-refractivity contribution is 5.07. The molecule has 1 unspecified atom stereocenters. The van der Waals surface area contributed by atoms with Crippen molar-refractivity contribution in [2.24, 2.45) is 0 Å². The Balaban J connectivity index is 2.41. The second-order valence-electron chi connectivity index (χ2n) is 4.26. The average Bonchev–Trinajstić information content (AvgIpc) is 2.42. The molecule has 0 aliphatic carbocycles. The molecule has 0 saturated carbocycles. The van der Waals surface area contributed by atoms with Crippen molar-refractivity contribution in [3.05, 3.63) is 29.8 Å². The van der Waals surface area contributed by atoms with Crippen molar-refractivity contribution in [3.8, 4) is 0 Å². The zero-order valence-electron chi connectivity index (χ0n) is 11.1. The van der Waals surface area contributed by atoms with Crippen molar-refractivity contribution in [1.82, 2.24) is 9.88 Å². The van der Waals surface area contributed by atoms with E-state index in [9.17, 15) is 9.50 Å². The van der Waals surface area contributed by atoms with Crippen LogP contribution in [0.1, 0.15) is 18.2 Å². The van der Waals surface area contributed by atoms with Gasteiger partial charge in [-0.05, 0) is 18.6 Å². The van der Waals surface area contributed by atoms with Crippen LogP contribution in [0.4, 0.5) is 4.39 Å². The SMILES string of the molecule is COCCN(CCO)CCC(O)c1ccc(F)cn1. The molecule has 19 heavy (non-hydrogen) atoms. The second-order valence-corrected chi connectivity index (χ2v) is 4.26. The Hall–Kier alpha value is -1.08. The minimum atomic E-state index is -0.732. The summed E-state index contributed by atoms with van der Waals surface area (Å²) in [5.74, 6) is -0.419. The lowest BCUT2D eigenvalue weighted by atomic mass is 10.1. The Kier molecular flexibility index (Phi) is 7.50. The van der Waals surface area contributed by atoms with Gasteiger partial charge in [-0.1, -0.05) is 0 Å². The maximum absolute atomic E-state index is 12.7. The van der Waals surface area contributed by atoms with E-state index in [2.05, 4.69) is 4.98 Å². The van der Waals surface area contributed by atoms with Gasteiger partial charge in [0.2, 0.25) is 0 Å². The fraction of sp³-hybridized carbons (Fsp3) is 0.615. The van der Waals surface area contributed by atoms with Crippen LogP contribution in [0.5, 0.6) is 0 Å². The molecule has 0 aliphatic rings. The van der Waals surface area contributed by atoms with Gasteiger partial charge in [0.25, 0.3) is 0 Å². The van der Waals surface area contributed by atoms with Crippen LogP contribution in [0.15, 0.2) is 18.3 Å². The Morgan fingerprint density at radius 1 is 1.37 bits per heavy atom. The molecular formula is C13H21FN2O3. The molecule has 2 N–H and O–H groups in total. The zero-order chi connectivity index (χ0) is 14.1. The summed E-state index contributed by atoms with van der Waals surface area (Å²) in [6, 6.07) is 2.76. The zero-order valence-corrected chi connectivity index (χ0v) is 11.1. The highest BCUT2D eigenvalue weighted by Crippen LogP contribution is 2.14. The first kappa shape index (κ1) is 16.0. The van der Waals surface area contributed by atoms with Crippen LogP contribution >= 0.6 is 0 Å². The van der Waals surface area contributed by atoms with E-state index in [-0.39, 0.29) is 6.61 Å². The van der Waals surface area contributed by atoms with Crippen LogP contribution in [0.25, 0.3) is 0 Å². The maximum Gasteiger partial charge on any atom is 0.141 e. The highest BCUT2D eigenvalue weighted by Gasteiger charge is 2.12. The second kappa shape index (κ2) is 8.92. The Morgan fingerprint density at radius 2 is 2.16 bits per heavy atom. The van der Waals surface area contributed by atoms with Gasteiger partial charge in [0.1, 0.15) is 5.82 Å². The summed E-state index contributed by atoms with van der Waals surface area (Å²) in [6.07, 6.45) is 0.835. The molecule has 1 heterocycles. The van der Waals surface area contributed by atoms with E-state index >= 15 is 0 Å². The summed E-state index contributed by atoms with van der Waals surface area (Å²) in [5, 5.41) is 18.9. The maximum atomic E-state index is 12.7. The number of hydrogen-bond donors (Lipinski definition) is 2. The fourth-order valence-corrected chi connectivity index (χ4v) is 1.73. The number of rotatable bonds is 9. The van der Waals surface area contributed by atoms with Gasteiger partial charge in [-0.2, -0.15) is 0 Å². The van der Waals surface area contributed by atoms with Gasteiger partial charge in [-0.25, -0.2) is 4.39 Å². The van der Waals surface area contributed by atoms with Gasteiger partial charge in [-0.15, -0.1) is 0 Å². The minimum Gasteiger partial charge on any atom is -0.395 e. The predicted octanol–water partition coefficient (Wildman–Crippen LogP) is 0.585. The molecule has 0 aliphatic heterocycles. The van der Waals surface area contributed by atoms with Gasteiger partial charge in [0.05, 0.1) is 31.2 Å². The van der Waals surface area contributed by atoms with E-state index < -0.39 is 11.9 Å². The molecule has 1 aromatic heterocycles. The molecule has 0 spiro atoms. The van der Waals surface area contributed by atoms with E-state index in [1.54, 1.807) is 7.11 Å². The van der Waals surface area contributed by atoms with Gasteiger partial charge in [0, 0.05) is 26.7 Å². The smallest absolute Gasteiger partial charge is 0.141 e. The topological polar surface area (TPSA) is 65.8 Å². The Bertz CT molecular complexity index is 348. The average molecular weight is 272 g/mol. The first-order chi connectivity index (χ1) is 9.17. The molecule has 1 atom stereocenters. The highest BCUT2D eigenvalue weighted by atomic mass is 19.1. The molecule has 0 bridgehead atoms. The van der Waals surface area contributed by atoms with Gasteiger partial charge >= 0.3 is 0 Å². The molecule has 0 saturated heterocycles. The van der Waals surface area contributed by atoms with E-state index in [1.165, 1.54) is 12.1 Å². The van der Waals surface area contributed by atoms with Crippen LogP contribution in [0.3, 0.4) is 0 Å². The minimum absolute atomic E-state index is 0.0641. The molecule has 108 valence electrons. The Morgan fingerprint density at radius 3 is 2.74 bits per heavy atom. The number of aliphatic hydroxyl groups is 2. The quantitative estimate of drug-likeness (QED) is 0.688. The number of halogens is 1. The third-order valence-corrected chi connectivity index (χ3v) is 2.84. The molecule has 1 rings (SSSR count). The van der Waals surface area contributed by atoms with E-state index in [1.807, 2.05) is 4.90 Å². The molecule has 6 heteroatoms. The van der Waals surface area contributed by atoms with Crippen molar-refractivity contribution in [1.29, 1.82) is 0 Å². The van der Waals surface area contributed by atoms with Crippen LogP contribution in [0, 0.1) is 5.82 Å². The monoisotopic (exact) mass is 272 g/mol. The lowest BCUT2D eigenvalue weighted by Gasteiger charge is -2.22. The number of methoxy groups -OCH3 is 1. The van der Waals surface area contributed by atoms with Gasteiger partial charge < -0.3 is 14.9 Å². The number of ether oxygens (including phenoxy) is 1. The summed E-state index contributed by atoms with van der Waals surface area (Å²) in [5.41, 5.74) is 0.456. The molecular weight excluding hydrogens is 251 g/mol. The van der Waals surface area contributed by atoms with Gasteiger partial charge in [-0.3, -0.25) is 9.88 Å². The lowest BCUT2D eigenvalue weighted by Crippen LogP contribution is -2.32. The van der Waals surface area contributed by atoms with Crippen molar-refractivity contribution in [2.75, 3.05) is 40.0 Å². The normalized spacial score (nSPS) is 12.9. The van der Waals surface area contributed by atoms with Crippen molar-refractivity contribution < 1.29 is 19.3 Å². The lowest BCUT2D eigenvalue weighted by molar-refractivity contribution is 0.104. The van der Waals surface area contributed by atoms with Crippen LogP contribution in [-0.2, 0) is 4.74 Å². The van der Waals surface area contributed by atoms with E-state index in [4.69, 9.17) is 9.84 Å². The largest absolute Gasteiger partial charge is 0.395 e. The molecule has 1 aromatic rings. The van der Waals surface area contributed by atoms with E-state index in [0.29, 0.717) is 38.4 Å². The number of aromatic nitrogens is 1. The number of pyridine rings is 1. The molecule has 0 fully saturated rings. The molecule has 0 amide bonds. The third kappa shape index (κ3) is 6.07. The molecule has 5 nitrogen and oxygen atoms in total. The first-order valence-corrected chi connectivity index (χ1v) is 6.29. The van der Waals surface area contributed by atoms with Crippen LogP contribution in [-0.4, -0.2) is 60.1 Å².